The third-order valence-corrected chi connectivity index (χ3v) is 2.28. The molecule has 0 unspecified atom stereocenters. The highest BCUT2D eigenvalue weighted by Gasteiger charge is 2.32. The van der Waals surface area contributed by atoms with Gasteiger partial charge in [0.15, 0.2) is 0 Å². The first kappa shape index (κ1) is 12.8. The zero-order valence-corrected chi connectivity index (χ0v) is 8.88. The second-order valence-corrected chi connectivity index (χ2v) is 3.40. The van der Waals surface area contributed by atoms with Crippen molar-refractivity contribution in [2.45, 2.75) is 19.5 Å². The van der Waals surface area contributed by atoms with Crippen LogP contribution in [0.2, 0.25) is 0 Å². The van der Waals surface area contributed by atoms with Crippen LogP contribution in [-0.2, 0) is 6.18 Å². The van der Waals surface area contributed by atoms with E-state index in [0.717, 1.165) is 6.07 Å². The van der Waals surface area contributed by atoms with E-state index in [0.29, 0.717) is 12.0 Å². The molecule has 0 saturated heterocycles. The number of alkyl halides is 3. The lowest BCUT2D eigenvalue weighted by molar-refractivity contribution is -0.137. The van der Waals surface area contributed by atoms with Gasteiger partial charge in [-0.1, -0.05) is 31.2 Å². The van der Waals surface area contributed by atoms with Crippen molar-refractivity contribution in [1.29, 1.82) is 0 Å². The average Bonchev–Trinajstić information content (AvgIpc) is 2.25. The van der Waals surface area contributed by atoms with Crippen LogP contribution >= 0.6 is 0 Å². The Hall–Kier alpha value is -1.29. The molecule has 0 fully saturated rings. The van der Waals surface area contributed by atoms with Crippen LogP contribution in [0.1, 0.15) is 24.5 Å². The van der Waals surface area contributed by atoms with Gasteiger partial charge in [0.05, 0.1) is 12.2 Å². The topological polar surface area (TPSA) is 20.2 Å². The fourth-order valence-corrected chi connectivity index (χ4v) is 1.36. The third-order valence-electron chi connectivity index (χ3n) is 2.28. The quantitative estimate of drug-likeness (QED) is 0.842. The molecule has 1 nitrogen and oxygen atoms in total. The van der Waals surface area contributed by atoms with Gasteiger partial charge in [-0.05, 0) is 23.6 Å². The van der Waals surface area contributed by atoms with Crippen molar-refractivity contribution < 1.29 is 18.3 Å². The minimum atomic E-state index is -4.36. The molecule has 0 radical (unpaired) electrons. The molecule has 0 aliphatic heterocycles. The molecule has 0 atom stereocenters. The van der Waals surface area contributed by atoms with Gasteiger partial charge in [0, 0.05) is 0 Å². The van der Waals surface area contributed by atoms with E-state index < -0.39 is 11.7 Å². The van der Waals surface area contributed by atoms with Gasteiger partial charge in [-0.15, -0.1) is 0 Å². The summed E-state index contributed by atoms with van der Waals surface area (Å²) in [7, 11) is 0. The fraction of sp³-hybridized carbons (Fsp3) is 0.333. The third kappa shape index (κ3) is 3.10. The molecule has 4 heteroatoms. The Morgan fingerprint density at radius 2 is 1.94 bits per heavy atom. The van der Waals surface area contributed by atoms with E-state index in [1.54, 1.807) is 13.0 Å². The van der Waals surface area contributed by atoms with Gasteiger partial charge in [0.1, 0.15) is 0 Å². The zero-order chi connectivity index (χ0) is 12.2. The van der Waals surface area contributed by atoms with Crippen LogP contribution in [0.15, 0.2) is 29.8 Å². The second kappa shape index (κ2) is 5.16. The SMILES string of the molecule is CCC(=Cc1ccccc1C(F)(F)F)CO. The average molecular weight is 230 g/mol. The summed E-state index contributed by atoms with van der Waals surface area (Å²) in [5.74, 6) is 0. The minimum Gasteiger partial charge on any atom is -0.392 e. The smallest absolute Gasteiger partial charge is 0.392 e. The summed E-state index contributed by atoms with van der Waals surface area (Å²) in [4.78, 5) is 0. The minimum absolute atomic E-state index is 0.0981. The lowest BCUT2D eigenvalue weighted by Crippen LogP contribution is -2.07. The largest absolute Gasteiger partial charge is 0.416 e. The highest BCUT2D eigenvalue weighted by atomic mass is 19.4. The van der Waals surface area contributed by atoms with Crippen molar-refractivity contribution in [3.05, 3.63) is 41.0 Å². The summed E-state index contributed by atoms with van der Waals surface area (Å²) in [5.41, 5.74) is 0.00648. The van der Waals surface area contributed by atoms with Gasteiger partial charge < -0.3 is 5.11 Å². The lowest BCUT2D eigenvalue weighted by atomic mass is 10.0. The number of aliphatic hydroxyl groups excluding tert-OH is 1. The van der Waals surface area contributed by atoms with Crippen LogP contribution in [0.25, 0.3) is 6.08 Å². The Bertz CT molecular complexity index is 374. The highest BCUT2D eigenvalue weighted by Crippen LogP contribution is 2.32. The van der Waals surface area contributed by atoms with Crippen LogP contribution in [0.3, 0.4) is 0 Å². The first-order valence-electron chi connectivity index (χ1n) is 4.95. The number of rotatable bonds is 3. The first-order valence-corrected chi connectivity index (χ1v) is 4.95. The number of hydrogen-bond acceptors (Lipinski definition) is 1. The molecule has 1 N–H and O–H groups in total. The Balaban J connectivity index is 3.19. The predicted molar refractivity (Wildman–Crippen MR) is 56.8 cm³/mol. The first-order chi connectivity index (χ1) is 7.49. The molecule has 88 valence electrons. The number of halogens is 3. The number of benzene rings is 1. The van der Waals surface area contributed by atoms with Crippen molar-refractivity contribution in [2.75, 3.05) is 6.61 Å². The molecule has 0 bridgehead atoms. The molecule has 0 saturated carbocycles. The molecule has 0 aromatic heterocycles. The van der Waals surface area contributed by atoms with E-state index in [9.17, 15) is 13.2 Å². The Morgan fingerprint density at radius 1 is 1.31 bits per heavy atom. The highest BCUT2D eigenvalue weighted by molar-refractivity contribution is 5.57. The maximum atomic E-state index is 12.6. The van der Waals surface area contributed by atoms with Gasteiger partial charge in [0.25, 0.3) is 0 Å². The molecule has 0 spiro atoms. The van der Waals surface area contributed by atoms with Gasteiger partial charge in [-0.3, -0.25) is 0 Å². The van der Waals surface area contributed by atoms with Gasteiger partial charge in [-0.25, -0.2) is 0 Å². The molecular formula is C12H13F3O. The maximum absolute atomic E-state index is 12.6. The Morgan fingerprint density at radius 3 is 2.44 bits per heavy atom. The fourth-order valence-electron chi connectivity index (χ4n) is 1.36. The summed E-state index contributed by atoms with van der Waals surface area (Å²) in [6.45, 7) is 1.57. The van der Waals surface area contributed by atoms with Crippen LogP contribution in [0.5, 0.6) is 0 Å². The predicted octanol–water partition coefficient (Wildman–Crippen LogP) is 3.49. The van der Waals surface area contributed by atoms with Crippen molar-refractivity contribution in [2.24, 2.45) is 0 Å². The van der Waals surface area contributed by atoms with Crippen LogP contribution in [0, 0.1) is 0 Å². The zero-order valence-electron chi connectivity index (χ0n) is 8.88. The Kier molecular flexibility index (Phi) is 4.12. The van der Waals surface area contributed by atoms with Gasteiger partial charge >= 0.3 is 6.18 Å². The standard InChI is InChI=1S/C12H13F3O/c1-2-9(8-16)7-10-5-3-4-6-11(10)12(13,14)15/h3-7,16H,2,8H2,1H3. The van der Waals surface area contributed by atoms with Crippen LogP contribution in [0.4, 0.5) is 13.2 Å². The van der Waals surface area contributed by atoms with E-state index in [-0.39, 0.29) is 12.2 Å². The van der Waals surface area contributed by atoms with Crippen molar-refractivity contribution in [3.8, 4) is 0 Å². The van der Waals surface area contributed by atoms with Crippen LogP contribution < -0.4 is 0 Å². The van der Waals surface area contributed by atoms with E-state index in [4.69, 9.17) is 5.11 Å². The van der Waals surface area contributed by atoms with Crippen molar-refractivity contribution in [3.63, 3.8) is 0 Å². The molecule has 1 rings (SSSR count). The van der Waals surface area contributed by atoms with E-state index in [1.807, 2.05) is 0 Å². The molecule has 1 aromatic carbocycles. The molecule has 1 aromatic rings. The summed E-state index contributed by atoms with van der Waals surface area (Å²) >= 11 is 0. The molecular weight excluding hydrogens is 217 g/mol. The monoisotopic (exact) mass is 230 g/mol. The molecule has 0 aliphatic rings. The summed E-state index contributed by atoms with van der Waals surface area (Å²) in [6, 6.07) is 5.33. The molecule has 16 heavy (non-hydrogen) atoms. The molecule has 0 amide bonds. The Labute approximate surface area is 92.2 Å². The van der Waals surface area contributed by atoms with Crippen molar-refractivity contribution >= 4 is 6.08 Å². The van der Waals surface area contributed by atoms with Crippen LogP contribution in [-0.4, -0.2) is 11.7 Å². The van der Waals surface area contributed by atoms with Gasteiger partial charge in [-0.2, -0.15) is 13.2 Å². The summed E-state index contributed by atoms with van der Waals surface area (Å²) in [5, 5.41) is 8.93. The molecule has 0 heterocycles. The van der Waals surface area contributed by atoms with Crippen molar-refractivity contribution in [1.82, 2.24) is 0 Å². The number of aliphatic hydroxyl groups is 1. The van der Waals surface area contributed by atoms with Gasteiger partial charge in [0.2, 0.25) is 0 Å². The summed E-state index contributed by atoms with van der Waals surface area (Å²) < 4.78 is 37.8. The lowest BCUT2D eigenvalue weighted by Gasteiger charge is -2.10. The van der Waals surface area contributed by atoms with E-state index in [1.165, 1.54) is 18.2 Å². The summed E-state index contributed by atoms with van der Waals surface area (Å²) in [6.07, 6.45) is -2.44. The maximum Gasteiger partial charge on any atom is 0.416 e. The molecule has 0 aliphatic carbocycles. The number of hydrogen-bond donors (Lipinski definition) is 1. The second-order valence-electron chi connectivity index (χ2n) is 3.40. The normalized spacial score (nSPS) is 12.9. The van der Waals surface area contributed by atoms with E-state index in [2.05, 4.69) is 0 Å². The van der Waals surface area contributed by atoms with E-state index >= 15 is 0 Å².